The van der Waals surface area contributed by atoms with Crippen LogP contribution >= 0.6 is 0 Å². The van der Waals surface area contributed by atoms with Crippen molar-refractivity contribution in [3.63, 3.8) is 0 Å². The lowest BCUT2D eigenvalue weighted by molar-refractivity contribution is 0.277. The van der Waals surface area contributed by atoms with E-state index in [1.807, 2.05) is 7.05 Å². The molecule has 88 valence electrons. The molecule has 0 aliphatic heterocycles. The molecular formula is C9H27NO2Si2. The molecular weight excluding hydrogens is 210 g/mol. The van der Waals surface area contributed by atoms with E-state index >= 15 is 0 Å². The first-order valence-corrected chi connectivity index (χ1v) is 10.4. The summed E-state index contributed by atoms with van der Waals surface area (Å²) in [5, 5.41) is 0. The van der Waals surface area contributed by atoms with Gasteiger partial charge in [-0.2, -0.15) is 0 Å². The van der Waals surface area contributed by atoms with Crippen LogP contribution in [0.1, 0.15) is 13.3 Å². The number of rotatable bonds is 5. The highest BCUT2D eigenvalue weighted by molar-refractivity contribution is 6.73. The summed E-state index contributed by atoms with van der Waals surface area (Å²) in [6, 6.07) is 1.12. The molecule has 0 saturated carbocycles. The Hall–Kier alpha value is 0.314. The van der Waals surface area contributed by atoms with E-state index in [0.29, 0.717) is 0 Å². The number of nitrogens with one attached hydrogen (secondary N) is 1. The molecule has 0 aliphatic rings. The van der Waals surface area contributed by atoms with Crippen molar-refractivity contribution in [3.8, 4) is 0 Å². The summed E-state index contributed by atoms with van der Waals surface area (Å²) in [4.78, 5) is 3.24. The Morgan fingerprint density at radius 1 is 1.14 bits per heavy atom. The first-order valence-electron chi connectivity index (χ1n) is 5.15. The molecule has 3 nitrogen and oxygen atoms in total. The molecule has 0 saturated heterocycles. The zero-order valence-corrected chi connectivity index (χ0v) is 13.0. The van der Waals surface area contributed by atoms with Crippen LogP contribution in [0.3, 0.4) is 0 Å². The van der Waals surface area contributed by atoms with Crippen molar-refractivity contribution in [1.29, 1.82) is 0 Å². The number of hydrogen-bond acceptors (Lipinski definition) is 3. The minimum Gasteiger partial charge on any atom is -0.400 e. The zero-order valence-electron chi connectivity index (χ0n) is 10.8. The SMILES string of the molecule is CCC[SiH](OC)OC.CN[Si](C)(C)C. The molecule has 5 heteroatoms. The van der Waals surface area contributed by atoms with Gasteiger partial charge in [-0.1, -0.05) is 33.0 Å². The van der Waals surface area contributed by atoms with Crippen molar-refractivity contribution >= 4 is 17.5 Å². The van der Waals surface area contributed by atoms with Crippen molar-refractivity contribution < 1.29 is 8.85 Å². The zero-order chi connectivity index (χ0) is 11.6. The van der Waals surface area contributed by atoms with Crippen molar-refractivity contribution in [2.75, 3.05) is 21.3 Å². The minimum absolute atomic E-state index is 0.881. The van der Waals surface area contributed by atoms with Crippen LogP contribution < -0.4 is 4.98 Å². The predicted octanol–water partition coefficient (Wildman–Crippen LogP) is 1.95. The third kappa shape index (κ3) is 14.8. The van der Waals surface area contributed by atoms with E-state index in [9.17, 15) is 0 Å². The van der Waals surface area contributed by atoms with Gasteiger partial charge >= 0.3 is 9.28 Å². The monoisotopic (exact) mass is 237 g/mol. The molecule has 0 radical (unpaired) electrons. The van der Waals surface area contributed by atoms with Crippen LogP contribution in [-0.2, 0) is 8.85 Å². The maximum absolute atomic E-state index is 5.06. The Labute approximate surface area is 92.1 Å². The molecule has 0 aromatic rings. The molecule has 0 fully saturated rings. The average molecular weight is 237 g/mol. The van der Waals surface area contributed by atoms with Gasteiger partial charge in [-0.3, -0.25) is 0 Å². The predicted molar refractivity (Wildman–Crippen MR) is 68.7 cm³/mol. The van der Waals surface area contributed by atoms with E-state index in [2.05, 4.69) is 31.5 Å². The summed E-state index contributed by atoms with van der Waals surface area (Å²) < 4.78 is 10.1. The van der Waals surface area contributed by atoms with Gasteiger partial charge in [0.2, 0.25) is 0 Å². The summed E-state index contributed by atoms with van der Waals surface area (Å²) >= 11 is 0. The summed E-state index contributed by atoms with van der Waals surface area (Å²) in [6.07, 6.45) is 1.17. The highest BCUT2D eigenvalue weighted by atomic mass is 28.3. The quantitative estimate of drug-likeness (QED) is 0.742. The fourth-order valence-corrected chi connectivity index (χ4v) is 1.70. The molecule has 0 aromatic heterocycles. The summed E-state index contributed by atoms with van der Waals surface area (Å²) in [5.74, 6) is 0. The second kappa shape index (κ2) is 9.85. The van der Waals surface area contributed by atoms with Gasteiger partial charge in [0.25, 0.3) is 0 Å². The van der Waals surface area contributed by atoms with Crippen LogP contribution in [0.5, 0.6) is 0 Å². The van der Waals surface area contributed by atoms with Crippen molar-refractivity contribution in [3.05, 3.63) is 0 Å². The second-order valence-electron chi connectivity index (χ2n) is 4.19. The van der Waals surface area contributed by atoms with Crippen molar-refractivity contribution in [1.82, 2.24) is 4.98 Å². The fraction of sp³-hybridized carbons (Fsp3) is 1.00. The lowest BCUT2D eigenvalue weighted by atomic mass is 10.6. The van der Waals surface area contributed by atoms with Gasteiger partial charge in [0, 0.05) is 14.2 Å². The van der Waals surface area contributed by atoms with Gasteiger partial charge in [0.05, 0.1) is 0 Å². The van der Waals surface area contributed by atoms with Gasteiger partial charge in [0.1, 0.15) is 8.24 Å². The maximum Gasteiger partial charge on any atom is 0.320 e. The average Bonchev–Trinajstić information content (AvgIpc) is 2.14. The Balaban J connectivity index is 0. The van der Waals surface area contributed by atoms with Gasteiger partial charge in [-0.25, -0.2) is 0 Å². The van der Waals surface area contributed by atoms with Crippen molar-refractivity contribution in [2.45, 2.75) is 39.0 Å². The minimum atomic E-state index is -1.19. The molecule has 0 amide bonds. The standard InChI is InChI=1S/C5H14O2Si.C4H13NSi/c1-4-5-8(6-2)7-3;1-5-6(2,3)4/h8H,4-5H2,1-3H3;5H,1-4H3. The van der Waals surface area contributed by atoms with E-state index < -0.39 is 17.5 Å². The number of hydrogen-bond donors (Lipinski definition) is 1. The lowest BCUT2D eigenvalue weighted by Crippen LogP contribution is -2.37. The molecule has 0 spiro atoms. The van der Waals surface area contributed by atoms with Crippen LogP contribution in [0, 0.1) is 0 Å². The largest absolute Gasteiger partial charge is 0.400 e. The third-order valence-electron chi connectivity index (χ3n) is 1.80. The third-order valence-corrected chi connectivity index (χ3v) is 5.40. The highest BCUT2D eigenvalue weighted by Gasteiger charge is 2.06. The topological polar surface area (TPSA) is 30.5 Å². The molecule has 0 atom stereocenters. The van der Waals surface area contributed by atoms with Crippen LogP contribution in [-0.4, -0.2) is 38.8 Å². The van der Waals surface area contributed by atoms with Gasteiger partial charge < -0.3 is 13.8 Å². The van der Waals surface area contributed by atoms with Gasteiger partial charge in [-0.15, -0.1) is 0 Å². The smallest absolute Gasteiger partial charge is 0.320 e. The second-order valence-corrected chi connectivity index (χ2v) is 11.6. The molecule has 0 aliphatic carbocycles. The highest BCUT2D eigenvalue weighted by Crippen LogP contribution is 1.96. The van der Waals surface area contributed by atoms with Crippen LogP contribution in [0.4, 0.5) is 0 Å². The van der Waals surface area contributed by atoms with Gasteiger partial charge in [-0.05, 0) is 13.1 Å². The normalized spacial score (nSPS) is 11.1. The first kappa shape index (κ1) is 16.7. The molecule has 14 heavy (non-hydrogen) atoms. The molecule has 0 aromatic carbocycles. The molecule has 1 N–H and O–H groups in total. The Morgan fingerprint density at radius 3 is 1.57 bits per heavy atom. The van der Waals surface area contributed by atoms with E-state index in [-0.39, 0.29) is 0 Å². The summed E-state index contributed by atoms with van der Waals surface area (Å²) in [6.45, 7) is 8.95. The Bertz CT molecular complexity index is 114. The van der Waals surface area contributed by atoms with E-state index in [4.69, 9.17) is 8.85 Å². The summed E-state index contributed by atoms with van der Waals surface area (Å²) in [5.41, 5.74) is 0. The van der Waals surface area contributed by atoms with Crippen molar-refractivity contribution in [2.24, 2.45) is 0 Å². The Morgan fingerprint density at radius 2 is 1.50 bits per heavy atom. The lowest BCUT2D eigenvalue weighted by Gasteiger charge is -2.11. The first-order chi connectivity index (χ1) is 6.41. The van der Waals surface area contributed by atoms with Crippen LogP contribution in [0.2, 0.25) is 25.7 Å². The Kier molecular flexibility index (Phi) is 11.8. The molecule has 0 bridgehead atoms. The van der Waals surface area contributed by atoms with E-state index in [0.717, 1.165) is 6.04 Å². The fourth-order valence-electron chi connectivity index (χ4n) is 0.568. The van der Waals surface area contributed by atoms with E-state index in [1.165, 1.54) is 6.42 Å². The molecule has 0 rings (SSSR count). The van der Waals surface area contributed by atoms with Crippen LogP contribution in [0.15, 0.2) is 0 Å². The maximum atomic E-state index is 5.06. The summed E-state index contributed by atoms with van der Waals surface area (Å²) in [7, 11) is 3.38. The molecule has 0 unspecified atom stereocenters. The van der Waals surface area contributed by atoms with Gasteiger partial charge in [0.15, 0.2) is 0 Å². The van der Waals surface area contributed by atoms with E-state index in [1.54, 1.807) is 14.2 Å². The van der Waals surface area contributed by atoms with Crippen LogP contribution in [0.25, 0.3) is 0 Å². The molecule has 0 heterocycles.